The highest BCUT2D eigenvalue weighted by molar-refractivity contribution is 6.43. The van der Waals surface area contributed by atoms with Crippen molar-refractivity contribution >= 4 is 35.1 Å². The van der Waals surface area contributed by atoms with Crippen molar-refractivity contribution in [2.24, 2.45) is 0 Å². The van der Waals surface area contributed by atoms with Crippen LogP contribution in [0.15, 0.2) is 6.07 Å². The maximum Gasteiger partial charge on any atom is 0.0629 e. The molecule has 0 aromatic heterocycles. The van der Waals surface area contributed by atoms with Crippen molar-refractivity contribution < 1.29 is 0 Å². The van der Waals surface area contributed by atoms with E-state index in [1.54, 1.807) is 13.0 Å². The first kappa shape index (κ1) is 17.7. The second-order valence-corrected chi connectivity index (χ2v) is 3.23. The van der Waals surface area contributed by atoms with Gasteiger partial charge in [-0.1, -0.05) is 50.9 Å². The van der Waals surface area contributed by atoms with Crippen molar-refractivity contribution in [1.29, 1.82) is 5.41 Å². The van der Waals surface area contributed by atoms with Crippen LogP contribution in [0.4, 0.5) is 5.69 Å². The molecule has 0 fully saturated rings. The molecule has 1 aromatic carbocycles. The Labute approximate surface area is 108 Å². The van der Waals surface area contributed by atoms with Crippen molar-refractivity contribution in [3.63, 3.8) is 0 Å². The Bertz CT molecular complexity index is 336. The van der Waals surface area contributed by atoms with Gasteiger partial charge in [0, 0.05) is 17.5 Å². The highest BCUT2D eigenvalue weighted by Gasteiger charge is 2.08. The Kier molecular flexibility index (Phi) is 10.5. The molecule has 3 N–H and O–H groups in total. The van der Waals surface area contributed by atoms with E-state index < -0.39 is 0 Å². The molecule has 0 aliphatic rings. The molecule has 92 valence electrons. The topological polar surface area (TPSA) is 49.9 Å². The van der Waals surface area contributed by atoms with E-state index in [1.165, 1.54) is 6.21 Å². The monoisotopic (exact) mass is 262 g/mol. The Morgan fingerprint density at radius 1 is 1.19 bits per heavy atom. The number of nitrogen functional groups attached to an aromatic ring is 1. The second kappa shape index (κ2) is 9.49. The fourth-order valence-corrected chi connectivity index (χ4v) is 1.40. The van der Waals surface area contributed by atoms with E-state index in [0.29, 0.717) is 21.3 Å². The summed E-state index contributed by atoms with van der Waals surface area (Å²) in [7, 11) is 0. The van der Waals surface area contributed by atoms with Crippen LogP contribution >= 0.6 is 23.2 Å². The van der Waals surface area contributed by atoms with E-state index in [1.807, 2.05) is 27.7 Å². The van der Waals surface area contributed by atoms with Gasteiger partial charge >= 0.3 is 0 Å². The summed E-state index contributed by atoms with van der Waals surface area (Å²) in [6.07, 6.45) is 1.17. The van der Waals surface area contributed by atoms with Gasteiger partial charge < -0.3 is 11.1 Å². The zero-order valence-corrected chi connectivity index (χ0v) is 12.0. The van der Waals surface area contributed by atoms with Crippen LogP contribution in [0.2, 0.25) is 10.0 Å². The average Bonchev–Trinajstić information content (AvgIpc) is 2.32. The number of nitrogens with one attached hydrogen (secondary N) is 1. The standard InChI is InChI=1S/C8H8Cl2N2.2C2H6/c1-4-5(3-11)7(12)2-6(9)8(4)10;2*1-2/h2-3,11H,12H2,1H3;2*1-2H3. The van der Waals surface area contributed by atoms with Crippen molar-refractivity contribution in [3.05, 3.63) is 27.2 Å². The average molecular weight is 263 g/mol. The van der Waals surface area contributed by atoms with Crippen LogP contribution < -0.4 is 5.73 Å². The lowest BCUT2D eigenvalue weighted by Gasteiger charge is -2.07. The van der Waals surface area contributed by atoms with Gasteiger partial charge in [-0.05, 0) is 18.6 Å². The molecule has 1 rings (SSSR count). The zero-order chi connectivity index (χ0) is 13.3. The second-order valence-electron chi connectivity index (χ2n) is 2.44. The molecule has 0 unspecified atom stereocenters. The van der Waals surface area contributed by atoms with E-state index in [9.17, 15) is 0 Å². The summed E-state index contributed by atoms with van der Waals surface area (Å²) in [5.74, 6) is 0. The summed E-state index contributed by atoms with van der Waals surface area (Å²) < 4.78 is 0. The molecule has 0 spiro atoms. The van der Waals surface area contributed by atoms with Gasteiger partial charge in [0.1, 0.15) is 0 Å². The van der Waals surface area contributed by atoms with Gasteiger partial charge in [-0.3, -0.25) is 0 Å². The smallest absolute Gasteiger partial charge is 0.0629 e. The number of nitrogens with two attached hydrogens (primary N) is 1. The fourth-order valence-electron chi connectivity index (χ4n) is 0.983. The van der Waals surface area contributed by atoms with E-state index in [0.717, 1.165) is 5.56 Å². The highest BCUT2D eigenvalue weighted by Crippen LogP contribution is 2.30. The maximum atomic E-state index is 7.09. The van der Waals surface area contributed by atoms with Crippen LogP contribution in [-0.4, -0.2) is 6.21 Å². The van der Waals surface area contributed by atoms with Crippen molar-refractivity contribution in [2.75, 3.05) is 5.73 Å². The highest BCUT2D eigenvalue weighted by atomic mass is 35.5. The third-order valence-electron chi connectivity index (χ3n) is 1.68. The molecule has 2 nitrogen and oxygen atoms in total. The van der Waals surface area contributed by atoms with E-state index >= 15 is 0 Å². The predicted octanol–water partition coefficient (Wildman–Crippen LogP) is 4.93. The lowest BCUT2D eigenvalue weighted by atomic mass is 10.1. The lowest BCUT2D eigenvalue weighted by Crippen LogP contribution is -1.96. The predicted molar refractivity (Wildman–Crippen MR) is 76.2 cm³/mol. The first-order chi connectivity index (χ1) is 7.57. The van der Waals surface area contributed by atoms with Gasteiger partial charge in [-0.2, -0.15) is 0 Å². The normalized spacial score (nSPS) is 8.19. The van der Waals surface area contributed by atoms with Crippen molar-refractivity contribution in [2.45, 2.75) is 34.6 Å². The number of halogens is 2. The Morgan fingerprint density at radius 3 is 2.00 bits per heavy atom. The summed E-state index contributed by atoms with van der Waals surface area (Å²) in [6, 6.07) is 1.55. The Morgan fingerprint density at radius 2 is 1.62 bits per heavy atom. The summed E-state index contributed by atoms with van der Waals surface area (Å²) in [4.78, 5) is 0. The quantitative estimate of drug-likeness (QED) is 0.547. The number of anilines is 1. The van der Waals surface area contributed by atoms with Gasteiger partial charge in [0.2, 0.25) is 0 Å². The summed E-state index contributed by atoms with van der Waals surface area (Å²) in [5.41, 5.74) is 7.47. The van der Waals surface area contributed by atoms with Gasteiger partial charge in [0.25, 0.3) is 0 Å². The number of hydrogen-bond acceptors (Lipinski definition) is 2. The molecule has 0 bridgehead atoms. The van der Waals surface area contributed by atoms with Crippen LogP contribution in [0.3, 0.4) is 0 Å². The number of benzene rings is 1. The minimum atomic E-state index is 0.428. The van der Waals surface area contributed by atoms with Crippen LogP contribution in [0, 0.1) is 12.3 Å². The van der Waals surface area contributed by atoms with Crippen molar-refractivity contribution in [3.8, 4) is 0 Å². The molecule has 0 amide bonds. The molecule has 0 saturated carbocycles. The van der Waals surface area contributed by atoms with Gasteiger partial charge in [0.05, 0.1) is 10.0 Å². The third kappa shape index (κ3) is 4.42. The molecule has 4 heteroatoms. The SMILES string of the molecule is CC.CC.Cc1c(Cl)c(Cl)cc(N)c1C=N. The zero-order valence-electron chi connectivity index (χ0n) is 10.5. The van der Waals surface area contributed by atoms with Crippen LogP contribution in [0.25, 0.3) is 0 Å². The molecule has 0 radical (unpaired) electrons. The molecular formula is C12H20Cl2N2. The maximum absolute atomic E-state index is 7.09. The molecule has 0 aliphatic heterocycles. The van der Waals surface area contributed by atoms with Crippen LogP contribution in [0.5, 0.6) is 0 Å². The van der Waals surface area contributed by atoms with Crippen LogP contribution in [-0.2, 0) is 0 Å². The first-order valence-corrected chi connectivity index (χ1v) is 6.08. The molecule has 0 heterocycles. The number of rotatable bonds is 1. The lowest BCUT2D eigenvalue weighted by molar-refractivity contribution is 1.43. The summed E-state index contributed by atoms with van der Waals surface area (Å²) >= 11 is 11.6. The Hall–Kier alpha value is -0.730. The molecule has 1 aromatic rings. The van der Waals surface area contributed by atoms with Gasteiger partial charge in [0.15, 0.2) is 0 Å². The Balaban J connectivity index is 0. The van der Waals surface area contributed by atoms with E-state index in [4.69, 9.17) is 34.3 Å². The first-order valence-electron chi connectivity index (χ1n) is 5.32. The van der Waals surface area contributed by atoms with Crippen LogP contribution in [0.1, 0.15) is 38.8 Å². The molecule has 16 heavy (non-hydrogen) atoms. The molecule has 0 aliphatic carbocycles. The third-order valence-corrected chi connectivity index (χ3v) is 2.56. The van der Waals surface area contributed by atoms with Gasteiger partial charge in [-0.15, -0.1) is 0 Å². The fraction of sp³-hybridized carbons (Fsp3) is 0.417. The summed E-state index contributed by atoms with van der Waals surface area (Å²) in [5, 5.41) is 7.98. The largest absolute Gasteiger partial charge is 0.398 e. The van der Waals surface area contributed by atoms with Gasteiger partial charge in [-0.25, -0.2) is 0 Å². The molecule has 0 saturated heterocycles. The van der Waals surface area contributed by atoms with Crippen molar-refractivity contribution in [1.82, 2.24) is 0 Å². The van der Waals surface area contributed by atoms with E-state index in [2.05, 4.69) is 0 Å². The minimum Gasteiger partial charge on any atom is -0.398 e. The molecular weight excluding hydrogens is 243 g/mol. The molecule has 0 atom stereocenters. The number of hydrogen-bond donors (Lipinski definition) is 2. The minimum absolute atomic E-state index is 0.428. The summed E-state index contributed by atoms with van der Waals surface area (Å²) in [6.45, 7) is 9.78. The van der Waals surface area contributed by atoms with E-state index in [-0.39, 0.29) is 0 Å².